The molecule has 4 heteroatoms. The van der Waals surface area contributed by atoms with E-state index in [1.165, 1.54) is 0 Å². The summed E-state index contributed by atoms with van der Waals surface area (Å²) in [5.41, 5.74) is 0.978. The molecule has 3 aromatic rings. The maximum Gasteiger partial charge on any atom is 0.326 e. The molecule has 1 atom stereocenters. The summed E-state index contributed by atoms with van der Waals surface area (Å²) >= 11 is 0. The highest BCUT2D eigenvalue weighted by Crippen LogP contribution is 2.22. The molecular formula is C25H22O4. The first kappa shape index (κ1) is 20.1. The van der Waals surface area contributed by atoms with Gasteiger partial charge in [0.2, 0.25) is 0 Å². The third kappa shape index (κ3) is 5.91. The number of carbonyl (C=O) groups excluding carboxylic acids is 2. The molecule has 0 aliphatic heterocycles. The first-order valence-electron chi connectivity index (χ1n) is 9.40. The van der Waals surface area contributed by atoms with Gasteiger partial charge in [0, 0.05) is 0 Å². The van der Waals surface area contributed by atoms with Crippen LogP contribution >= 0.6 is 0 Å². The number of para-hydroxylation sites is 2. The Labute approximate surface area is 170 Å². The highest BCUT2D eigenvalue weighted by Gasteiger charge is 2.35. The van der Waals surface area contributed by atoms with Crippen LogP contribution in [0.5, 0.6) is 11.5 Å². The fourth-order valence-corrected chi connectivity index (χ4v) is 2.80. The van der Waals surface area contributed by atoms with Crippen LogP contribution in [0.1, 0.15) is 12.5 Å². The van der Waals surface area contributed by atoms with E-state index in [1.54, 1.807) is 55.5 Å². The third-order valence-electron chi connectivity index (χ3n) is 4.35. The van der Waals surface area contributed by atoms with Gasteiger partial charge in [0.25, 0.3) is 0 Å². The van der Waals surface area contributed by atoms with Crippen molar-refractivity contribution in [3.8, 4) is 11.5 Å². The Morgan fingerprint density at radius 1 is 0.690 bits per heavy atom. The average Bonchev–Trinajstić information content (AvgIpc) is 2.74. The van der Waals surface area contributed by atoms with Crippen molar-refractivity contribution < 1.29 is 19.1 Å². The average molecular weight is 386 g/mol. The van der Waals surface area contributed by atoms with Crippen LogP contribution in [0, 0.1) is 11.8 Å². The number of hydrogen-bond donors (Lipinski definition) is 0. The summed E-state index contributed by atoms with van der Waals surface area (Å²) in [4.78, 5) is 25.7. The molecule has 0 fully saturated rings. The predicted molar refractivity (Wildman–Crippen MR) is 112 cm³/mol. The van der Waals surface area contributed by atoms with E-state index in [9.17, 15) is 9.59 Å². The molecule has 0 radical (unpaired) electrons. The SMILES string of the molecule is C[C@@H](/C=C/c1ccccc1)C(C(=O)Oc1ccccc1)C(=O)Oc1ccccc1. The minimum Gasteiger partial charge on any atom is -0.426 e. The molecular weight excluding hydrogens is 364 g/mol. The molecule has 0 aromatic heterocycles. The molecule has 3 aromatic carbocycles. The van der Waals surface area contributed by atoms with Gasteiger partial charge in [-0.25, -0.2) is 0 Å². The van der Waals surface area contributed by atoms with Gasteiger partial charge in [0.15, 0.2) is 5.92 Å². The second-order valence-corrected chi connectivity index (χ2v) is 6.57. The quantitative estimate of drug-likeness (QED) is 0.320. The lowest BCUT2D eigenvalue weighted by Crippen LogP contribution is -2.35. The van der Waals surface area contributed by atoms with Crippen LogP contribution in [0.2, 0.25) is 0 Å². The van der Waals surface area contributed by atoms with Gasteiger partial charge in [-0.3, -0.25) is 9.59 Å². The number of benzene rings is 3. The minimum atomic E-state index is -1.10. The lowest BCUT2D eigenvalue weighted by molar-refractivity contribution is -0.152. The Balaban J connectivity index is 1.80. The number of ether oxygens (including phenoxy) is 2. The monoisotopic (exact) mass is 386 g/mol. The summed E-state index contributed by atoms with van der Waals surface area (Å²) in [5, 5.41) is 0. The van der Waals surface area contributed by atoms with Crippen LogP contribution in [0.25, 0.3) is 6.08 Å². The molecule has 29 heavy (non-hydrogen) atoms. The molecule has 0 heterocycles. The zero-order chi connectivity index (χ0) is 20.5. The summed E-state index contributed by atoms with van der Waals surface area (Å²) in [7, 11) is 0. The molecule has 3 rings (SSSR count). The fraction of sp³-hybridized carbons (Fsp3) is 0.120. The van der Waals surface area contributed by atoms with Gasteiger partial charge < -0.3 is 9.47 Å². The molecule has 0 spiro atoms. The lowest BCUT2D eigenvalue weighted by Gasteiger charge is -2.19. The molecule has 146 valence electrons. The molecule has 4 nitrogen and oxygen atoms in total. The first-order valence-corrected chi connectivity index (χ1v) is 9.40. The van der Waals surface area contributed by atoms with Crippen LogP contribution in [0.4, 0.5) is 0 Å². The number of carbonyl (C=O) groups is 2. The van der Waals surface area contributed by atoms with Crippen molar-refractivity contribution >= 4 is 18.0 Å². The van der Waals surface area contributed by atoms with E-state index in [1.807, 2.05) is 54.6 Å². The van der Waals surface area contributed by atoms with Crippen molar-refractivity contribution in [1.82, 2.24) is 0 Å². The topological polar surface area (TPSA) is 52.6 Å². The van der Waals surface area contributed by atoms with Crippen molar-refractivity contribution in [2.24, 2.45) is 11.8 Å². The molecule has 0 saturated heterocycles. The maximum absolute atomic E-state index is 12.8. The third-order valence-corrected chi connectivity index (χ3v) is 4.35. The molecule has 0 aliphatic rings. The largest absolute Gasteiger partial charge is 0.426 e. The highest BCUT2D eigenvalue weighted by molar-refractivity contribution is 5.97. The second-order valence-electron chi connectivity index (χ2n) is 6.57. The van der Waals surface area contributed by atoms with Gasteiger partial charge >= 0.3 is 11.9 Å². The van der Waals surface area contributed by atoms with Crippen LogP contribution < -0.4 is 9.47 Å². The molecule has 0 aliphatic carbocycles. The van der Waals surface area contributed by atoms with E-state index < -0.39 is 23.8 Å². The second kappa shape index (κ2) is 10.0. The number of rotatable bonds is 7. The van der Waals surface area contributed by atoms with Crippen LogP contribution in [0.3, 0.4) is 0 Å². The molecule has 0 unspecified atom stereocenters. The van der Waals surface area contributed by atoms with E-state index in [0.717, 1.165) is 5.56 Å². The van der Waals surface area contributed by atoms with Crippen molar-refractivity contribution in [1.29, 1.82) is 0 Å². The highest BCUT2D eigenvalue weighted by atomic mass is 16.6. The van der Waals surface area contributed by atoms with Crippen LogP contribution in [0.15, 0.2) is 97.1 Å². The van der Waals surface area contributed by atoms with Gasteiger partial charge in [0.1, 0.15) is 11.5 Å². The summed E-state index contributed by atoms with van der Waals surface area (Å²) in [5.74, 6) is -2.06. The van der Waals surface area contributed by atoms with E-state index in [-0.39, 0.29) is 0 Å². The van der Waals surface area contributed by atoms with Crippen molar-refractivity contribution in [3.63, 3.8) is 0 Å². The van der Waals surface area contributed by atoms with Crippen molar-refractivity contribution in [3.05, 3.63) is 103 Å². The van der Waals surface area contributed by atoms with E-state index >= 15 is 0 Å². The van der Waals surface area contributed by atoms with E-state index in [4.69, 9.17) is 9.47 Å². The number of esters is 2. The molecule has 0 saturated carbocycles. The van der Waals surface area contributed by atoms with Gasteiger partial charge in [-0.1, -0.05) is 85.8 Å². The Bertz CT molecular complexity index is 896. The van der Waals surface area contributed by atoms with Crippen LogP contribution in [-0.2, 0) is 9.59 Å². The lowest BCUT2D eigenvalue weighted by atomic mass is 9.93. The zero-order valence-electron chi connectivity index (χ0n) is 16.1. The first-order chi connectivity index (χ1) is 14.1. The van der Waals surface area contributed by atoms with Crippen LogP contribution in [-0.4, -0.2) is 11.9 Å². The zero-order valence-corrected chi connectivity index (χ0v) is 16.1. The summed E-state index contributed by atoms with van der Waals surface area (Å²) < 4.78 is 10.9. The maximum atomic E-state index is 12.8. The van der Waals surface area contributed by atoms with Gasteiger partial charge in [-0.15, -0.1) is 0 Å². The fourth-order valence-electron chi connectivity index (χ4n) is 2.80. The van der Waals surface area contributed by atoms with Crippen molar-refractivity contribution in [2.45, 2.75) is 6.92 Å². The van der Waals surface area contributed by atoms with Crippen molar-refractivity contribution in [2.75, 3.05) is 0 Å². The predicted octanol–water partition coefficient (Wildman–Crippen LogP) is 5.16. The minimum absolute atomic E-state index is 0.384. The van der Waals surface area contributed by atoms with E-state index in [2.05, 4.69) is 0 Å². The molecule has 0 amide bonds. The van der Waals surface area contributed by atoms with Gasteiger partial charge in [-0.2, -0.15) is 0 Å². The Hall–Kier alpha value is -3.66. The normalized spacial score (nSPS) is 11.9. The Kier molecular flexibility index (Phi) is 6.95. The van der Waals surface area contributed by atoms with Gasteiger partial charge in [0.05, 0.1) is 0 Å². The standard InChI is InChI=1S/C25H22O4/c1-19(17-18-20-11-5-2-6-12-20)23(24(26)28-21-13-7-3-8-14-21)25(27)29-22-15-9-4-10-16-22/h2-19,23H,1H3/b18-17+/t19-/m0/s1. The summed E-state index contributed by atoms with van der Waals surface area (Å²) in [6.07, 6.45) is 3.70. The Morgan fingerprint density at radius 3 is 1.55 bits per heavy atom. The van der Waals surface area contributed by atoms with E-state index in [0.29, 0.717) is 11.5 Å². The molecule has 0 N–H and O–H groups in total. The summed E-state index contributed by atoms with van der Waals surface area (Å²) in [6.45, 7) is 1.79. The van der Waals surface area contributed by atoms with Gasteiger partial charge in [-0.05, 0) is 35.7 Å². The summed E-state index contributed by atoms with van der Waals surface area (Å²) in [6, 6.07) is 27.0. The number of hydrogen-bond acceptors (Lipinski definition) is 4. The smallest absolute Gasteiger partial charge is 0.326 e. The number of allylic oxidation sites excluding steroid dienone is 1. The molecule has 0 bridgehead atoms. The Morgan fingerprint density at radius 2 is 1.10 bits per heavy atom.